The molecule has 1 aromatic rings. The van der Waals surface area contributed by atoms with Crippen molar-refractivity contribution in [3.63, 3.8) is 0 Å². The van der Waals surface area contributed by atoms with Crippen LogP contribution >= 0.6 is 0 Å². The predicted molar refractivity (Wildman–Crippen MR) is 68.0 cm³/mol. The number of nitrogens with one attached hydrogen (secondary N) is 1. The topological polar surface area (TPSA) is 34.1 Å². The monoisotopic (exact) mass is 230 g/mol. The number of fused-ring (bicyclic) bond motifs is 1. The number of methoxy groups -OCH3 is 1. The van der Waals surface area contributed by atoms with E-state index in [1.54, 1.807) is 7.11 Å². The van der Waals surface area contributed by atoms with Gasteiger partial charge in [0.1, 0.15) is 5.75 Å². The lowest BCUT2D eigenvalue weighted by Crippen LogP contribution is -2.10. The molecule has 0 amide bonds. The number of aromatic nitrogens is 1. The van der Waals surface area contributed by atoms with Crippen molar-refractivity contribution in [3.8, 4) is 5.75 Å². The van der Waals surface area contributed by atoms with Crippen LogP contribution < -0.4 is 10.1 Å². The summed E-state index contributed by atoms with van der Waals surface area (Å²) >= 11 is 0. The lowest BCUT2D eigenvalue weighted by atomic mass is 9.91. The van der Waals surface area contributed by atoms with Crippen LogP contribution in [0.1, 0.15) is 17.7 Å². The predicted octanol–water partition coefficient (Wildman–Crippen LogP) is 2.02. The zero-order chi connectivity index (χ0) is 11.8. The molecule has 1 saturated heterocycles. The number of hydrogen-bond acceptors (Lipinski definition) is 3. The standard InChI is InChI=1S/C14H18N2O/c1-9-14(17-2)5-11(7-16-9)12-4-3-10-6-15-8-13(10)12/h4-5,7,10,13,15H,3,6,8H2,1-2H3/t10-,13+/m0/s1. The summed E-state index contributed by atoms with van der Waals surface area (Å²) in [4.78, 5) is 4.42. The maximum atomic E-state index is 5.35. The summed E-state index contributed by atoms with van der Waals surface area (Å²) in [6.45, 7) is 4.24. The third kappa shape index (κ3) is 1.75. The van der Waals surface area contributed by atoms with Gasteiger partial charge in [0, 0.05) is 18.7 Å². The third-order valence-corrected chi connectivity index (χ3v) is 3.97. The van der Waals surface area contributed by atoms with Gasteiger partial charge in [-0.05, 0) is 43.0 Å². The molecule has 1 aliphatic heterocycles. The fraction of sp³-hybridized carbons (Fsp3) is 0.500. The van der Waals surface area contributed by atoms with Crippen molar-refractivity contribution in [1.29, 1.82) is 0 Å². The van der Waals surface area contributed by atoms with Crippen LogP contribution in [0.25, 0.3) is 5.57 Å². The van der Waals surface area contributed by atoms with Gasteiger partial charge in [0.15, 0.2) is 0 Å². The van der Waals surface area contributed by atoms with E-state index in [1.165, 1.54) is 17.6 Å². The van der Waals surface area contributed by atoms with Gasteiger partial charge in [-0.3, -0.25) is 4.98 Å². The molecule has 0 bridgehead atoms. The number of ether oxygens (including phenoxy) is 1. The Balaban J connectivity index is 1.94. The first kappa shape index (κ1) is 10.8. The van der Waals surface area contributed by atoms with Gasteiger partial charge in [-0.15, -0.1) is 0 Å². The smallest absolute Gasteiger partial charge is 0.140 e. The molecular formula is C14H18N2O. The van der Waals surface area contributed by atoms with E-state index in [9.17, 15) is 0 Å². The zero-order valence-electron chi connectivity index (χ0n) is 10.4. The highest BCUT2D eigenvalue weighted by atomic mass is 16.5. The second-order valence-corrected chi connectivity index (χ2v) is 4.93. The van der Waals surface area contributed by atoms with Crippen molar-refractivity contribution in [2.45, 2.75) is 13.3 Å². The Kier molecular flexibility index (Phi) is 2.63. The Labute approximate surface area is 102 Å². The number of allylic oxidation sites excluding steroid dienone is 1. The van der Waals surface area contributed by atoms with Gasteiger partial charge in [0.25, 0.3) is 0 Å². The number of hydrogen-bond donors (Lipinski definition) is 1. The largest absolute Gasteiger partial charge is 0.495 e. The first-order valence-electron chi connectivity index (χ1n) is 6.21. The van der Waals surface area contributed by atoms with Crippen LogP contribution in [0.2, 0.25) is 0 Å². The van der Waals surface area contributed by atoms with Gasteiger partial charge < -0.3 is 10.1 Å². The van der Waals surface area contributed by atoms with Crippen LogP contribution in [0.15, 0.2) is 18.3 Å². The Morgan fingerprint density at radius 2 is 2.29 bits per heavy atom. The molecule has 2 atom stereocenters. The summed E-state index contributed by atoms with van der Waals surface area (Å²) in [6, 6.07) is 2.12. The summed E-state index contributed by atoms with van der Waals surface area (Å²) in [6.07, 6.45) is 5.55. The average Bonchev–Trinajstić information content (AvgIpc) is 2.92. The number of aryl methyl sites for hydroxylation is 1. The van der Waals surface area contributed by atoms with E-state index in [2.05, 4.69) is 22.4 Å². The van der Waals surface area contributed by atoms with E-state index in [0.29, 0.717) is 5.92 Å². The Bertz CT molecular complexity index is 467. The van der Waals surface area contributed by atoms with E-state index in [-0.39, 0.29) is 0 Å². The number of nitrogens with zero attached hydrogens (tertiary/aromatic N) is 1. The molecule has 0 spiro atoms. The fourth-order valence-electron chi connectivity index (χ4n) is 2.98. The summed E-state index contributed by atoms with van der Waals surface area (Å²) in [5, 5.41) is 3.47. The molecule has 3 nitrogen and oxygen atoms in total. The molecule has 1 N–H and O–H groups in total. The van der Waals surface area contributed by atoms with E-state index in [4.69, 9.17) is 4.74 Å². The Morgan fingerprint density at radius 3 is 3.12 bits per heavy atom. The number of pyridine rings is 1. The molecule has 2 heterocycles. The molecule has 1 fully saturated rings. The highest BCUT2D eigenvalue weighted by molar-refractivity contribution is 5.70. The van der Waals surface area contributed by atoms with E-state index in [0.717, 1.165) is 30.5 Å². The van der Waals surface area contributed by atoms with Crippen LogP contribution in [-0.2, 0) is 0 Å². The average molecular weight is 230 g/mol. The van der Waals surface area contributed by atoms with Crippen molar-refractivity contribution < 1.29 is 4.74 Å². The third-order valence-electron chi connectivity index (χ3n) is 3.97. The molecule has 3 heteroatoms. The molecule has 3 rings (SSSR count). The molecule has 90 valence electrons. The molecule has 2 aliphatic rings. The quantitative estimate of drug-likeness (QED) is 0.844. The zero-order valence-corrected chi connectivity index (χ0v) is 10.4. The van der Waals surface area contributed by atoms with Gasteiger partial charge in [0.05, 0.1) is 12.8 Å². The van der Waals surface area contributed by atoms with Crippen molar-refractivity contribution in [1.82, 2.24) is 10.3 Å². The van der Waals surface area contributed by atoms with Gasteiger partial charge >= 0.3 is 0 Å². The van der Waals surface area contributed by atoms with E-state index in [1.807, 2.05) is 13.1 Å². The lowest BCUT2D eigenvalue weighted by molar-refractivity contribution is 0.409. The van der Waals surface area contributed by atoms with Crippen LogP contribution in [0.5, 0.6) is 5.75 Å². The molecule has 1 aromatic heterocycles. The van der Waals surface area contributed by atoms with Crippen LogP contribution in [0.4, 0.5) is 0 Å². The highest BCUT2D eigenvalue weighted by Gasteiger charge is 2.34. The summed E-state index contributed by atoms with van der Waals surface area (Å²) in [7, 11) is 1.71. The summed E-state index contributed by atoms with van der Waals surface area (Å²) in [5.41, 5.74) is 3.63. The van der Waals surface area contributed by atoms with Crippen molar-refractivity contribution in [2.24, 2.45) is 11.8 Å². The molecule has 0 saturated carbocycles. The minimum atomic E-state index is 0.671. The minimum Gasteiger partial charge on any atom is -0.495 e. The molecular weight excluding hydrogens is 212 g/mol. The van der Waals surface area contributed by atoms with E-state index >= 15 is 0 Å². The van der Waals surface area contributed by atoms with Gasteiger partial charge in [-0.1, -0.05) is 6.08 Å². The maximum absolute atomic E-state index is 5.35. The summed E-state index contributed by atoms with van der Waals surface area (Å²) < 4.78 is 5.35. The SMILES string of the molecule is COc1cc(C2=CC[C@H]3CNC[C@@H]23)cnc1C. The molecule has 0 unspecified atom stereocenters. The first-order valence-corrected chi connectivity index (χ1v) is 6.21. The minimum absolute atomic E-state index is 0.671. The molecule has 0 radical (unpaired) electrons. The van der Waals surface area contributed by atoms with Crippen molar-refractivity contribution in [3.05, 3.63) is 29.6 Å². The summed E-state index contributed by atoms with van der Waals surface area (Å²) in [5.74, 6) is 2.35. The highest BCUT2D eigenvalue weighted by Crippen LogP contribution is 2.40. The Hall–Kier alpha value is -1.35. The van der Waals surface area contributed by atoms with Gasteiger partial charge in [-0.2, -0.15) is 0 Å². The molecule has 0 aromatic carbocycles. The second kappa shape index (κ2) is 4.15. The lowest BCUT2D eigenvalue weighted by Gasteiger charge is -2.14. The van der Waals surface area contributed by atoms with Crippen LogP contribution in [0, 0.1) is 18.8 Å². The van der Waals surface area contributed by atoms with E-state index < -0.39 is 0 Å². The first-order chi connectivity index (χ1) is 8.29. The van der Waals surface area contributed by atoms with Crippen LogP contribution in [-0.4, -0.2) is 25.2 Å². The van der Waals surface area contributed by atoms with Gasteiger partial charge in [-0.25, -0.2) is 0 Å². The number of rotatable bonds is 2. The normalized spacial score (nSPS) is 26.8. The van der Waals surface area contributed by atoms with Crippen LogP contribution in [0.3, 0.4) is 0 Å². The van der Waals surface area contributed by atoms with Gasteiger partial charge in [0.2, 0.25) is 0 Å². The molecule has 1 aliphatic carbocycles. The second-order valence-electron chi connectivity index (χ2n) is 4.93. The van der Waals surface area contributed by atoms with Crippen molar-refractivity contribution >= 4 is 5.57 Å². The van der Waals surface area contributed by atoms with Crippen molar-refractivity contribution in [2.75, 3.05) is 20.2 Å². The Morgan fingerprint density at radius 1 is 1.41 bits per heavy atom. The fourth-order valence-corrected chi connectivity index (χ4v) is 2.98. The molecule has 17 heavy (non-hydrogen) atoms. The maximum Gasteiger partial charge on any atom is 0.140 e.